The van der Waals surface area contributed by atoms with Crippen LogP contribution in [0.25, 0.3) is 5.13 Å². The van der Waals surface area contributed by atoms with Gasteiger partial charge >= 0.3 is 0 Å². The highest BCUT2D eigenvalue weighted by atomic mass is 32.1. The number of anilines is 1. The van der Waals surface area contributed by atoms with Gasteiger partial charge in [0.1, 0.15) is 0 Å². The third-order valence-corrected chi connectivity index (χ3v) is 4.02. The molecule has 1 aromatic carbocycles. The maximum absolute atomic E-state index is 12.5. The van der Waals surface area contributed by atoms with E-state index in [1.165, 1.54) is 11.3 Å². The van der Waals surface area contributed by atoms with Crippen LogP contribution >= 0.6 is 11.3 Å². The third-order valence-electron chi connectivity index (χ3n) is 3.26. The number of hydrogen-bond acceptors (Lipinski definition) is 4. The van der Waals surface area contributed by atoms with E-state index in [2.05, 4.69) is 15.4 Å². The van der Waals surface area contributed by atoms with Gasteiger partial charge in [-0.05, 0) is 31.0 Å². The number of amides is 1. The molecule has 0 saturated carbocycles. The van der Waals surface area contributed by atoms with E-state index in [1.807, 2.05) is 43.5 Å². The smallest absolute Gasteiger partial charge is 0.259 e. The summed E-state index contributed by atoms with van der Waals surface area (Å²) in [5.74, 6) is -0.148. The molecule has 0 bridgehead atoms. The van der Waals surface area contributed by atoms with Crippen molar-refractivity contribution in [2.45, 2.75) is 20.3 Å². The van der Waals surface area contributed by atoms with E-state index in [1.54, 1.807) is 17.1 Å². The lowest BCUT2D eigenvalue weighted by molar-refractivity contribution is 0.102. The Morgan fingerprint density at radius 3 is 2.95 bits per heavy atom. The average molecular weight is 312 g/mol. The lowest BCUT2D eigenvalue weighted by atomic mass is 10.2. The maximum atomic E-state index is 12.5. The fraction of sp³-hybridized carbons (Fsp3) is 0.188. The fourth-order valence-electron chi connectivity index (χ4n) is 2.21. The Kier molecular flexibility index (Phi) is 4.02. The number of carbonyl (C=O) groups excluding carboxylic acids is 1. The van der Waals surface area contributed by atoms with Crippen molar-refractivity contribution in [3.8, 4) is 5.13 Å². The number of hydrogen-bond donors (Lipinski definition) is 1. The molecule has 0 saturated heterocycles. The molecule has 1 N–H and O–H groups in total. The number of nitrogens with one attached hydrogen (secondary N) is 1. The van der Waals surface area contributed by atoms with E-state index < -0.39 is 0 Å². The van der Waals surface area contributed by atoms with Crippen LogP contribution in [0.1, 0.15) is 28.5 Å². The van der Waals surface area contributed by atoms with Gasteiger partial charge in [0, 0.05) is 23.5 Å². The van der Waals surface area contributed by atoms with Crippen LogP contribution in [-0.2, 0) is 6.42 Å². The van der Waals surface area contributed by atoms with Crippen LogP contribution in [0.5, 0.6) is 0 Å². The summed E-state index contributed by atoms with van der Waals surface area (Å²) in [7, 11) is 0. The van der Waals surface area contributed by atoms with Gasteiger partial charge in [0.25, 0.3) is 5.91 Å². The molecule has 0 atom stereocenters. The molecule has 3 rings (SSSR count). The number of aromatic nitrogens is 3. The van der Waals surface area contributed by atoms with Gasteiger partial charge in [0.15, 0.2) is 0 Å². The first kappa shape index (κ1) is 14.5. The van der Waals surface area contributed by atoms with Gasteiger partial charge in [-0.2, -0.15) is 5.10 Å². The zero-order chi connectivity index (χ0) is 15.5. The Morgan fingerprint density at radius 2 is 2.27 bits per heavy atom. The Labute approximate surface area is 132 Å². The van der Waals surface area contributed by atoms with Gasteiger partial charge in [-0.3, -0.25) is 4.79 Å². The molecule has 0 aliphatic carbocycles. The van der Waals surface area contributed by atoms with Gasteiger partial charge in [-0.1, -0.05) is 19.1 Å². The first-order chi connectivity index (χ1) is 10.7. The van der Waals surface area contributed by atoms with Crippen LogP contribution in [-0.4, -0.2) is 20.7 Å². The minimum atomic E-state index is -0.148. The summed E-state index contributed by atoms with van der Waals surface area (Å²) in [6.07, 6.45) is 4.15. The Hall–Kier alpha value is -2.47. The van der Waals surface area contributed by atoms with Gasteiger partial charge in [-0.15, -0.1) is 11.3 Å². The molecule has 0 unspecified atom stereocenters. The van der Waals surface area contributed by atoms with Gasteiger partial charge in [0.05, 0.1) is 11.3 Å². The van der Waals surface area contributed by atoms with Gasteiger partial charge in [-0.25, -0.2) is 9.67 Å². The molecule has 0 spiro atoms. The summed E-state index contributed by atoms with van der Waals surface area (Å²) in [6, 6.07) is 7.73. The average Bonchev–Trinajstić information content (AvgIpc) is 3.16. The van der Waals surface area contributed by atoms with E-state index >= 15 is 0 Å². The number of thiazole rings is 1. The second kappa shape index (κ2) is 6.11. The van der Waals surface area contributed by atoms with Crippen LogP contribution in [0.2, 0.25) is 0 Å². The molecule has 1 amide bonds. The van der Waals surface area contributed by atoms with Crippen molar-refractivity contribution in [2.75, 3.05) is 5.32 Å². The second-order valence-corrected chi connectivity index (χ2v) is 5.80. The Balaban J connectivity index is 1.88. The topological polar surface area (TPSA) is 59.8 Å². The number of rotatable bonds is 4. The molecule has 3 aromatic rings. The van der Waals surface area contributed by atoms with Crippen molar-refractivity contribution >= 4 is 22.9 Å². The van der Waals surface area contributed by atoms with Crippen molar-refractivity contribution in [2.24, 2.45) is 0 Å². The summed E-state index contributed by atoms with van der Waals surface area (Å²) in [4.78, 5) is 16.7. The van der Waals surface area contributed by atoms with Crippen LogP contribution in [0.15, 0.2) is 42.0 Å². The summed E-state index contributed by atoms with van der Waals surface area (Å²) in [5, 5.41) is 10.0. The molecule has 22 heavy (non-hydrogen) atoms. The molecule has 0 radical (unpaired) electrons. The molecular formula is C16H16N4OS. The highest BCUT2D eigenvalue weighted by molar-refractivity contribution is 7.12. The van der Waals surface area contributed by atoms with Crippen molar-refractivity contribution in [3.63, 3.8) is 0 Å². The largest absolute Gasteiger partial charge is 0.322 e. The van der Waals surface area contributed by atoms with Crippen LogP contribution in [0, 0.1) is 6.92 Å². The van der Waals surface area contributed by atoms with Crippen LogP contribution in [0.4, 0.5) is 5.69 Å². The van der Waals surface area contributed by atoms with Crippen molar-refractivity contribution in [1.29, 1.82) is 0 Å². The lowest BCUT2D eigenvalue weighted by Gasteiger charge is -2.05. The molecule has 2 aromatic heterocycles. The molecule has 112 valence electrons. The Bertz CT molecular complexity index is 792. The normalized spacial score (nSPS) is 10.6. The number of aryl methyl sites for hydroxylation is 2. The second-order valence-electron chi connectivity index (χ2n) is 4.93. The predicted molar refractivity (Wildman–Crippen MR) is 87.7 cm³/mol. The zero-order valence-electron chi connectivity index (χ0n) is 12.4. The molecule has 5 nitrogen and oxygen atoms in total. The summed E-state index contributed by atoms with van der Waals surface area (Å²) >= 11 is 1.48. The number of benzene rings is 1. The van der Waals surface area contributed by atoms with Crippen molar-refractivity contribution in [1.82, 2.24) is 14.8 Å². The molecule has 0 fully saturated rings. The van der Waals surface area contributed by atoms with Crippen LogP contribution < -0.4 is 5.32 Å². The summed E-state index contributed by atoms with van der Waals surface area (Å²) in [5.41, 5.74) is 3.24. The zero-order valence-corrected chi connectivity index (χ0v) is 13.2. The van der Waals surface area contributed by atoms with E-state index in [4.69, 9.17) is 0 Å². The van der Waals surface area contributed by atoms with Crippen LogP contribution in [0.3, 0.4) is 0 Å². The molecule has 6 heteroatoms. The van der Waals surface area contributed by atoms with Gasteiger partial charge in [0.2, 0.25) is 5.13 Å². The minimum absolute atomic E-state index is 0.148. The number of carbonyl (C=O) groups is 1. The van der Waals surface area contributed by atoms with Crippen molar-refractivity contribution in [3.05, 3.63) is 58.9 Å². The molecule has 0 aliphatic heterocycles. The lowest BCUT2D eigenvalue weighted by Crippen LogP contribution is -2.13. The standard InChI is InChI=1S/C16H16N4OS/c1-3-14-13(10-20(19-14)16-17-7-8-22-16)15(21)18-12-6-4-5-11(2)9-12/h4-10H,3H2,1-2H3,(H,18,21). The summed E-state index contributed by atoms with van der Waals surface area (Å²) < 4.78 is 1.66. The summed E-state index contributed by atoms with van der Waals surface area (Å²) in [6.45, 7) is 3.98. The maximum Gasteiger partial charge on any atom is 0.259 e. The molecule has 2 heterocycles. The SMILES string of the molecule is CCc1nn(-c2nccs2)cc1C(=O)Nc1cccc(C)c1. The van der Waals surface area contributed by atoms with E-state index in [9.17, 15) is 4.79 Å². The first-order valence-corrected chi connectivity index (χ1v) is 7.91. The van der Waals surface area contributed by atoms with E-state index in [0.29, 0.717) is 12.0 Å². The molecule has 0 aliphatic rings. The van der Waals surface area contributed by atoms with E-state index in [-0.39, 0.29) is 5.91 Å². The minimum Gasteiger partial charge on any atom is -0.322 e. The Morgan fingerprint density at radius 1 is 1.41 bits per heavy atom. The fourth-order valence-corrected chi connectivity index (χ4v) is 2.78. The highest BCUT2D eigenvalue weighted by Gasteiger charge is 2.16. The number of nitrogens with zero attached hydrogens (tertiary/aromatic N) is 3. The highest BCUT2D eigenvalue weighted by Crippen LogP contribution is 2.17. The third kappa shape index (κ3) is 2.92. The van der Waals surface area contributed by atoms with E-state index in [0.717, 1.165) is 22.1 Å². The monoisotopic (exact) mass is 312 g/mol. The van der Waals surface area contributed by atoms with Gasteiger partial charge < -0.3 is 5.32 Å². The predicted octanol–water partition coefficient (Wildman–Crippen LogP) is 3.45. The quantitative estimate of drug-likeness (QED) is 0.802. The molecular weight excluding hydrogens is 296 g/mol. The first-order valence-electron chi connectivity index (χ1n) is 7.04. The van der Waals surface area contributed by atoms with Crippen molar-refractivity contribution < 1.29 is 4.79 Å².